The van der Waals surface area contributed by atoms with Crippen molar-refractivity contribution in [1.82, 2.24) is 0 Å². The number of hydrogen-bond acceptors (Lipinski definition) is 4. The summed E-state index contributed by atoms with van der Waals surface area (Å²) in [7, 11) is 0. The molecule has 7 heteroatoms. The number of hydrogen-bond donors (Lipinski definition) is 1. The van der Waals surface area contributed by atoms with Gasteiger partial charge in [0.05, 0.1) is 5.92 Å². The van der Waals surface area contributed by atoms with Gasteiger partial charge >= 0.3 is 5.97 Å². The molecule has 0 unspecified atom stereocenters. The first-order valence-electron chi connectivity index (χ1n) is 9.13. The van der Waals surface area contributed by atoms with E-state index in [4.69, 9.17) is 4.74 Å². The number of ether oxygens (including phenoxy) is 1. The molecule has 1 N–H and O–H groups in total. The van der Waals surface area contributed by atoms with Gasteiger partial charge in [-0.15, -0.1) is 0 Å². The molecule has 2 aliphatic rings. The van der Waals surface area contributed by atoms with Crippen molar-refractivity contribution in [3.63, 3.8) is 0 Å². The summed E-state index contributed by atoms with van der Waals surface area (Å²) in [5.74, 6) is -2.75. The van der Waals surface area contributed by atoms with Crippen LogP contribution in [0.15, 0.2) is 42.5 Å². The first-order valence-corrected chi connectivity index (χ1v) is 9.13. The Morgan fingerprint density at radius 2 is 2.04 bits per heavy atom. The Bertz CT molecular complexity index is 975. The zero-order valence-electron chi connectivity index (χ0n) is 15.3. The van der Waals surface area contributed by atoms with Gasteiger partial charge in [-0.05, 0) is 42.7 Å². The average molecular weight is 382 g/mol. The van der Waals surface area contributed by atoms with Crippen molar-refractivity contribution < 1.29 is 23.5 Å². The SMILES string of the molecule is C[C@@H](OC(=O)[C@H]1CC(=O)Nc2cc(F)ccc21)C(=O)N1CCc2ccccc21. The molecule has 2 aliphatic heterocycles. The number of esters is 1. The number of carbonyl (C=O) groups is 3. The molecule has 2 aromatic rings. The fourth-order valence-electron chi connectivity index (χ4n) is 3.74. The standard InChI is InChI=1S/C21H19FN2O4/c1-12(20(26)24-9-8-13-4-2-3-5-18(13)24)28-21(27)16-11-19(25)23-17-10-14(22)6-7-15(16)17/h2-7,10,12,16H,8-9,11H2,1H3,(H,23,25)/t12-,16+/m1/s1. The van der Waals surface area contributed by atoms with Crippen LogP contribution in [-0.2, 0) is 25.5 Å². The van der Waals surface area contributed by atoms with Crippen molar-refractivity contribution in [2.24, 2.45) is 0 Å². The van der Waals surface area contributed by atoms with Gasteiger partial charge in [0.15, 0.2) is 6.10 Å². The van der Waals surface area contributed by atoms with Gasteiger partial charge in [0.25, 0.3) is 5.91 Å². The summed E-state index contributed by atoms with van der Waals surface area (Å²) in [5.41, 5.74) is 2.64. The Morgan fingerprint density at radius 3 is 2.86 bits per heavy atom. The van der Waals surface area contributed by atoms with E-state index < -0.39 is 29.7 Å². The number of nitrogens with zero attached hydrogens (tertiary/aromatic N) is 1. The summed E-state index contributed by atoms with van der Waals surface area (Å²) in [4.78, 5) is 39.0. The van der Waals surface area contributed by atoms with Crippen LogP contribution >= 0.6 is 0 Å². The highest BCUT2D eigenvalue weighted by Gasteiger charge is 2.35. The maximum atomic E-state index is 13.4. The van der Waals surface area contributed by atoms with Crippen LogP contribution in [0.25, 0.3) is 0 Å². The van der Waals surface area contributed by atoms with Crippen molar-refractivity contribution in [1.29, 1.82) is 0 Å². The number of rotatable bonds is 3. The van der Waals surface area contributed by atoms with E-state index in [1.54, 1.807) is 4.90 Å². The normalized spacial score (nSPS) is 18.7. The fourth-order valence-corrected chi connectivity index (χ4v) is 3.74. The van der Waals surface area contributed by atoms with Crippen LogP contribution in [0.4, 0.5) is 15.8 Å². The molecule has 0 radical (unpaired) electrons. The minimum atomic E-state index is -0.993. The first kappa shape index (κ1) is 18.2. The number of anilines is 2. The van der Waals surface area contributed by atoms with E-state index in [1.807, 2.05) is 24.3 Å². The molecule has 0 saturated heterocycles. The first-order chi connectivity index (χ1) is 13.4. The second-order valence-corrected chi connectivity index (χ2v) is 6.98. The van der Waals surface area contributed by atoms with Crippen LogP contribution < -0.4 is 10.2 Å². The molecule has 2 atom stereocenters. The zero-order chi connectivity index (χ0) is 19.8. The van der Waals surface area contributed by atoms with Crippen molar-refractivity contribution in [3.05, 3.63) is 59.4 Å². The summed E-state index contributed by atoms with van der Waals surface area (Å²) in [6.07, 6.45) is -0.345. The lowest BCUT2D eigenvalue weighted by atomic mass is 9.90. The molecular formula is C21H19FN2O4. The Morgan fingerprint density at radius 1 is 1.25 bits per heavy atom. The highest BCUT2D eigenvalue weighted by Crippen LogP contribution is 2.34. The van der Waals surface area contributed by atoms with Crippen molar-refractivity contribution in [2.75, 3.05) is 16.8 Å². The van der Waals surface area contributed by atoms with Crippen molar-refractivity contribution >= 4 is 29.2 Å². The predicted molar refractivity (Wildman–Crippen MR) is 100 cm³/mol. The van der Waals surface area contributed by atoms with Crippen LogP contribution in [0.5, 0.6) is 0 Å². The van der Waals surface area contributed by atoms with Crippen LogP contribution in [0.3, 0.4) is 0 Å². The maximum absolute atomic E-state index is 13.4. The minimum absolute atomic E-state index is 0.106. The molecule has 144 valence electrons. The Labute approximate surface area is 161 Å². The zero-order valence-corrected chi connectivity index (χ0v) is 15.3. The third-order valence-electron chi connectivity index (χ3n) is 5.13. The number of benzene rings is 2. The summed E-state index contributed by atoms with van der Waals surface area (Å²) >= 11 is 0. The number of halogens is 1. The third kappa shape index (κ3) is 3.24. The van der Waals surface area contributed by atoms with Crippen LogP contribution in [0.2, 0.25) is 0 Å². The second kappa shape index (κ2) is 7.07. The Kier molecular flexibility index (Phi) is 4.58. The molecular weight excluding hydrogens is 363 g/mol. The maximum Gasteiger partial charge on any atom is 0.314 e. The van der Waals surface area contributed by atoms with Crippen molar-refractivity contribution in [3.8, 4) is 0 Å². The summed E-state index contributed by atoms with van der Waals surface area (Å²) in [6.45, 7) is 2.06. The Balaban J connectivity index is 1.50. The van der Waals surface area contributed by atoms with Gasteiger partial charge in [-0.25, -0.2) is 4.39 Å². The highest BCUT2D eigenvalue weighted by atomic mass is 19.1. The minimum Gasteiger partial charge on any atom is -0.452 e. The van der Waals surface area contributed by atoms with Gasteiger partial charge in [-0.1, -0.05) is 24.3 Å². The predicted octanol–water partition coefficient (Wildman–Crippen LogP) is 2.77. The monoisotopic (exact) mass is 382 g/mol. The molecule has 28 heavy (non-hydrogen) atoms. The quantitative estimate of drug-likeness (QED) is 0.829. The molecule has 2 aromatic carbocycles. The topological polar surface area (TPSA) is 75.7 Å². The van der Waals surface area contributed by atoms with E-state index in [0.29, 0.717) is 12.1 Å². The third-order valence-corrected chi connectivity index (χ3v) is 5.13. The molecule has 2 heterocycles. The summed E-state index contributed by atoms with van der Waals surface area (Å²) in [5, 5.41) is 2.56. The number of amides is 2. The molecule has 0 fully saturated rings. The largest absolute Gasteiger partial charge is 0.452 e. The summed E-state index contributed by atoms with van der Waals surface area (Å²) < 4.78 is 18.9. The van der Waals surface area contributed by atoms with E-state index in [9.17, 15) is 18.8 Å². The van der Waals surface area contributed by atoms with E-state index >= 15 is 0 Å². The lowest BCUT2D eigenvalue weighted by Gasteiger charge is -2.26. The molecule has 0 saturated carbocycles. The van der Waals surface area contributed by atoms with Gasteiger partial charge < -0.3 is 15.0 Å². The van der Waals surface area contributed by atoms with E-state index in [0.717, 1.165) is 17.7 Å². The van der Waals surface area contributed by atoms with Gasteiger partial charge in [-0.2, -0.15) is 0 Å². The second-order valence-electron chi connectivity index (χ2n) is 6.98. The van der Waals surface area contributed by atoms with Gasteiger partial charge in [0.1, 0.15) is 5.82 Å². The van der Waals surface area contributed by atoms with Gasteiger partial charge in [-0.3, -0.25) is 14.4 Å². The van der Waals surface area contributed by atoms with E-state index in [-0.39, 0.29) is 18.0 Å². The van der Waals surface area contributed by atoms with Crippen LogP contribution in [0, 0.1) is 5.82 Å². The number of fused-ring (bicyclic) bond motifs is 2. The Hall–Kier alpha value is -3.22. The molecule has 0 spiro atoms. The molecule has 2 amide bonds. The van der Waals surface area contributed by atoms with Crippen LogP contribution in [-0.4, -0.2) is 30.4 Å². The highest BCUT2D eigenvalue weighted by molar-refractivity contribution is 6.02. The fraction of sp³-hybridized carbons (Fsp3) is 0.286. The van der Waals surface area contributed by atoms with E-state index in [1.165, 1.54) is 25.1 Å². The van der Waals surface area contributed by atoms with Gasteiger partial charge in [0, 0.05) is 24.3 Å². The smallest absolute Gasteiger partial charge is 0.314 e. The molecule has 0 aliphatic carbocycles. The average Bonchev–Trinajstić information content (AvgIpc) is 3.10. The molecule has 0 aromatic heterocycles. The van der Waals surface area contributed by atoms with E-state index in [2.05, 4.69) is 5.32 Å². The number of nitrogens with one attached hydrogen (secondary N) is 1. The molecule has 0 bridgehead atoms. The molecule has 4 rings (SSSR count). The van der Waals surface area contributed by atoms with Crippen LogP contribution in [0.1, 0.15) is 30.4 Å². The van der Waals surface area contributed by atoms with Gasteiger partial charge in [0.2, 0.25) is 5.91 Å². The summed E-state index contributed by atoms with van der Waals surface area (Å²) in [6, 6.07) is 11.5. The van der Waals surface area contributed by atoms with Crippen molar-refractivity contribution in [2.45, 2.75) is 31.8 Å². The number of para-hydroxylation sites is 1. The molecule has 6 nitrogen and oxygen atoms in total. The lowest BCUT2D eigenvalue weighted by Crippen LogP contribution is -2.40. The number of carbonyl (C=O) groups excluding carboxylic acids is 3. The lowest BCUT2D eigenvalue weighted by molar-refractivity contribution is -0.156.